The Bertz CT molecular complexity index is 263. The van der Waals surface area contributed by atoms with Crippen molar-refractivity contribution in [2.45, 2.75) is 26.3 Å². The van der Waals surface area contributed by atoms with Gasteiger partial charge in [0.2, 0.25) is 0 Å². The summed E-state index contributed by atoms with van der Waals surface area (Å²) in [5.74, 6) is 0.953. The number of nitrogens with one attached hydrogen (secondary N) is 1. The van der Waals surface area contributed by atoms with E-state index in [0.29, 0.717) is 6.61 Å². The highest BCUT2D eigenvalue weighted by Gasteiger charge is 2.07. The van der Waals surface area contributed by atoms with Gasteiger partial charge in [0.15, 0.2) is 6.39 Å². The van der Waals surface area contributed by atoms with Crippen molar-refractivity contribution in [2.75, 3.05) is 33.5 Å². The van der Waals surface area contributed by atoms with Crippen LogP contribution in [0.25, 0.3) is 0 Å². The fourth-order valence-electron chi connectivity index (χ4n) is 1.50. The Kier molecular flexibility index (Phi) is 7.62. The van der Waals surface area contributed by atoms with Crippen LogP contribution >= 0.6 is 0 Å². The van der Waals surface area contributed by atoms with Gasteiger partial charge in [0.1, 0.15) is 5.76 Å². The van der Waals surface area contributed by atoms with Crippen LogP contribution in [-0.2, 0) is 22.4 Å². The molecule has 0 spiro atoms. The number of hydrogen-bond acceptors (Lipinski definition) is 5. The first-order valence-corrected chi connectivity index (χ1v) is 6.07. The number of aryl methyl sites for hydroxylation is 1. The Morgan fingerprint density at radius 2 is 2.29 bits per heavy atom. The summed E-state index contributed by atoms with van der Waals surface area (Å²) in [6.45, 7) is 5.79. The second-order valence-corrected chi connectivity index (χ2v) is 3.69. The maximum atomic E-state index is 5.36. The van der Waals surface area contributed by atoms with E-state index in [1.807, 2.05) is 6.92 Å². The third-order valence-corrected chi connectivity index (χ3v) is 2.40. The number of hydrogen-bond donors (Lipinski definition) is 1. The second-order valence-electron chi connectivity index (χ2n) is 3.69. The Morgan fingerprint density at radius 1 is 1.41 bits per heavy atom. The van der Waals surface area contributed by atoms with Crippen LogP contribution in [-0.4, -0.2) is 38.5 Å². The fourth-order valence-corrected chi connectivity index (χ4v) is 1.50. The molecule has 0 saturated heterocycles. The normalized spacial score (nSPS) is 10.9. The molecule has 0 amide bonds. The predicted octanol–water partition coefficient (Wildman–Crippen LogP) is 1.38. The average Bonchev–Trinajstić information content (AvgIpc) is 2.78. The summed E-state index contributed by atoms with van der Waals surface area (Å²) in [7, 11) is 1.69. The third kappa shape index (κ3) is 5.81. The highest BCUT2D eigenvalue weighted by molar-refractivity contribution is 5.07. The van der Waals surface area contributed by atoms with Crippen LogP contribution in [0.3, 0.4) is 0 Å². The first kappa shape index (κ1) is 14.2. The molecular formula is C12H22N2O3. The van der Waals surface area contributed by atoms with E-state index in [1.54, 1.807) is 7.11 Å². The highest BCUT2D eigenvalue weighted by Crippen LogP contribution is 2.09. The minimum atomic E-state index is 0.706. The van der Waals surface area contributed by atoms with Crippen LogP contribution in [0.4, 0.5) is 0 Å². The van der Waals surface area contributed by atoms with E-state index in [0.717, 1.165) is 50.6 Å². The predicted molar refractivity (Wildman–Crippen MR) is 64.9 cm³/mol. The lowest BCUT2D eigenvalue weighted by Crippen LogP contribution is -2.19. The highest BCUT2D eigenvalue weighted by atomic mass is 16.5. The van der Waals surface area contributed by atoms with Gasteiger partial charge < -0.3 is 19.2 Å². The summed E-state index contributed by atoms with van der Waals surface area (Å²) in [6, 6.07) is 0. The molecule has 1 N–H and O–H groups in total. The number of oxazole rings is 1. The first-order chi connectivity index (χ1) is 8.38. The molecule has 0 unspecified atom stereocenters. The zero-order chi connectivity index (χ0) is 12.3. The average molecular weight is 242 g/mol. The lowest BCUT2D eigenvalue weighted by Gasteiger charge is -2.04. The SMILES string of the molecule is CCOCCCc1ocnc1CNCCOC. The van der Waals surface area contributed by atoms with Gasteiger partial charge in [-0.1, -0.05) is 0 Å². The molecule has 0 saturated carbocycles. The zero-order valence-corrected chi connectivity index (χ0v) is 10.7. The van der Waals surface area contributed by atoms with Crippen LogP contribution in [0.2, 0.25) is 0 Å². The summed E-state index contributed by atoms with van der Waals surface area (Å²) in [4.78, 5) is 4.20. The molecule has 0 aliphatic carbocycles. The molecule has 0 atom stereocenters. The lowest BCUT2D eigenvalue weighted by molar-refractivity contribution is 0.144. The van der Waals surface area contributed by atoms with E-state index in [9.17, 15) is 0 Å². The molecule has 0 radical (unpaired) electrons. The molecular weight excluding hydrogens is 220 g/mol. The Labute approximate surface area is 103 Å². The van der Waals surface area contributed by atoms with Crippen LogP contribution in [0.1, 0.15) is 24.8 Å². The third-order valence-electron chi connectivity index (χ3n) is 2.40. The van der Waals surface area contributed by atoms with Crippen LogP contribution in [0.15, 0.2) is 10.8 Å². The number of ether oxygens (including phenoxy) is 2. The van der Waals surface area contributed by atoms with Crippen molar-refractivity contribution >= 4 is 0 Å². The van der Waals surface area contributed by atoms with Gasteiger partial charge in [-0.05, 0) is 13.3 Å². The number of methoxy groups -OCH3 is 1. The van der Waals surface area contributed by atoms with Crippen molar-refractivity contribution in [1.29, 1.82) is 0 Å². The molecule has 1 rings (SSSR count). The van der Waals surface area contributed by atoms with E-state index >= 15 is 0 Å². The lowest BCUT2D eigenvalue weighted by atomic mass is 10.2. The monoisotopic (exact) mass is 242 g/mol. The van der Waals surface area contributed by atoms with Crippen molar-refractivity contribution in [3.05, 3.63) is 17.8 Å². The van der Waals surface area contributed by atoms with Gasteiger partial charge in [-0.25, -0.2) is 4.98 Å². The Balaban J connectivity index is 2.22. The molecule has 0 fully saturated rings. The zero-order valence-electron chi connectivity index (χ0n) is 10.7. The van der Waals surface area contributed by atoms with Gasteiger partial charge in [0.05, 0.1) is 12.3 Å². The van der Waals surface area contributed by atoms with Crippen molar-refractivity contribution < 1.29 is 13.9 Å². The molecule has 17 heavy (non-hydrogen) atoms. The first-order valence-electron chi connectivity index (χ1n) is 6.07. The van der Waals surface area contributed by atoms with Crippen molar-refractivity contribution in [2.24, 2.45) is 0 Å². The summed E-state index contributed by atoms with van der Waals surface area (Å²) < 4.78 is 15.6. The molecule has 0 aromatic carbocycles. The smallest absolute Gasteiger partial charge is 0.181 e. The van der Waals surface area contributed by atoms with Gasteiger partial charge in [0, 0.05) is 39.8 Å². The molecule has 0 bridgehead atoms. The molecule has 1 aromatic heterocycles. The van der Waals surface area contributed by atoms with Gasteiger partial charge in [0.25, 0.3) is 0 Å². The molecule has 5 nitrogen and oxygen atoms in total. The number of rotatable bonds is 10. The fraction of sp³-hybridized carbons (Fsp3) is 0.750. The summed E-state index contributed by atoms with van der Waals surface area (Å²) >= 11 is 0. The molecule has 0 aliphatic rings. The summed E-state index contributed by atoms with van der Waals surface area (Å²) in [6.07, 6.45) is 3.35. The minimum absolute atomic E-state index is 0.706. The largest absolute Gasteiger partial charge is 0.448 e. The van der Waals surface area contributed by atoms with Crippen molar-refractivity contribution in [1.82, 2.24) is 10.3 Å². The van der Waals surface area contributed by atoms with Gasteiger partial charge >= 0.3 is 0 Å². The molecule has 0 aliphatic heterocycles. The van der Waals surface area contributed by atoms with E-state index in [1.165, 1.54) is 6.39 Å². The van der Waals surface area contributed by atoms with Crippen molar-refractivity contribution in [3.63, 3.8) is 0 Å². The quantitative estimate of drug-likeness (QED) is 0.628. The van der Waals surface area contributed by atoms with E-state index in [-0.39, 0.29) is 0 Å². The minimum Gasteiger partial charge on any atom is -0.448 e. The van der Waals surface area contributed by atoms with E-state index in [2.05, 4.69) is 10.3 Å². The van der Waals surface area contributed by atoms with E-state index in [4.69, 9.17) is 13.9 Å². The number of aromatic nitrogens is 1. The van der Waals surface area contributed by atoms with Crippen LogP contribution in [0.5, 0.6) is 0 Å². The van der Waals surface area contributed by atoms with Crippen molar-refractivity contribution in [3.8, 4) is 0 Å². The topological polar surface area (TPSA) is 56.5 Å². The van der Waals surface area contributed by atoms with Crippen LogP contribution < -0.4 is 5.32 Å². The van der Waals surface area contributed by atoms with Gasteiger partial charge in [-0.3, -0.25) is 0 Å². The summed E-state index contributed by atoms with van der Waals surface area (Å²) in [5, 5.41) is 3.25. The molecule has 98 valence electrons. The summed E-state index contributed by atoms with van der Waals surface area (Å²) in [5.41, 5.74) is 0.984. The van der Waals surface area contributed by atoms with Gasteiger partial charge in [-0.2, -0.15) is 0 Å². The van der Waals surface area contributed by atoms with Gasteiger partial charge in [-0.15, -0.1) is 0 Å². The Hall–Kier alpha value is -0.910. The molecule has 1 heterocycles. The number of nitrogens with zero attached hydrogens (tertiary/aromatic N) is 1. The Morgan fingerprint density at radius 3 is 3.06 bits per heavy atom. The maximum Gasteiger partial charge on any atom is 0.181 e. The van der Waals surface area contributed by atoms with E-state index < -0.39 is 0 Å². The standard InChI is InChI=1S/C12H22N2O3/c1-3-16-7-4-5-12-11(14-10-17-12)9-13-6-8-15-2/h10,13H,3-9H2,1-2H3. The molecule has 5 heteroatoms. The molecule has 1 aromatic rings. The second kappa shape index (κ2) is 9.15. The maximum absolute atomic E-state index is 5.36. The van der Waals surface area contributed by atoms with Crippen LogP contribution in [0, 0.1) is 0 Å².